The van der Waals surface area contributed by atoms with Crippen molar-refractivity contribution in [3.8, 4) is 0 Å². The number of rotatable bonds is 4. The number of nitrogen functional groups attached to an aromatic ring is 1. The molecule has 4 N–H and O–H groups in total. The molecule has 2 aromatic carbocycles. The second-order valence-electron chi connectivity index (χ2n) is 7.15. The topological polar surface area (TPSA) is 134 Å². The molecule has 3 aromatic rings. The summed E-state index contributed by atoms with van der Waals surface area (Å²) in [5, 5.41) is 0.635. The van der Waals surface area contributed by atoms with Gasteiger partial charge in [0.2, 0.25) is 10.0 Å². The van der Waals surface area contributed by atoms with Crippen LogP contribution in [0.4, 0.5) is 5.69 Å². The summed E-state index contributed by atoms with van der Waals surface area (Å²) in [6.45, 7) is 1.01. The highest BCUT2D eigenvalue weighted by molar-refractivity contribution is 7.89. The molecule has 0 saturated carbocycles. The number of nitrogens with two attached hydrogens (primary N) is 1. The Morgan fingerprint density at radius 3 is 2.29 bits per heavy atom. The molecule has 31 heavy (non-hydrogen) atoms. The lowest BCUT2D eigenvalue weighted by molar-refractivity contribution is 0.0847. The Balaban J connectivity index is 1.43. The van der Waals surface area contributed by atoms with Crippen LogP contribution in [-0.2, 0) is 10.0 Å². The Morgan fingerprint density at radius 1 is 0.935 bits per heavy atom. The van der Waals surface area contributed by atoms with E-state index in [1.165, 1.54) is 34.8 Å². The lowest BCUT2D eigenvalue weighted by atomic mass is 10.1. The summed E-state index contributed by atoms with van der Waals surface area (Å²) in [6, 6.07) is 12.7. The number of nitrogens with one attached hydrogen (secondary N) is 2. The minimum Gasteiger partial charge on any atom is -0.397 e. The van der Waals surface area contributed by atoms with Crippen LogP contribution < -0.4 is 16.6 Å². The third-order valence-electron chi connectivity index (χ3n) is 5.17. The summed E-state index contributed by atoms with van der Waals surface area (Å²) < 4.78 is 26.6. The first-order chi connectivity index (χ1) is 14.9. The lowest BCUT2D eigenvalue weighted by Crippen LogP contribution is -2.42. The number of pyridine rings is 1. The Labute approximate surface area is 179 Å². The van der Waals surface area contributed by atoms with Crippen molar-refractivity contribution in [2.75, 3.05) is 18.8 Å². The van der Waals surface area contributed by atoms with Gasteiger partial charge in [0.05, 0.1) is 21.7 Å². The van der Waals surface area contributed by atoms with Gasteiger partial charge in [-0.15, -0.1) is 0 Å². The predicted octanol–water partition coefficient (Wildman–Crippen LogP) is 1.68. The first-order valence-corrected chi connectivity index (χ1v) is 11.2. The minimum atomic E-state index is -3.55. The zero-order valence-electron chi connectivity index (χ0n) is 16.5. The van der Waals surface area contributed by atoms with Crippen LogP contribution in [0.1, 0.15) is 33.6 Å². The molecule has 10 heteroatoms. The maximum Gasteiger partial charge on any atom is 0.273 e. The molecule has 0 spiro atoms. The van der Waals surface area contributed by atoms with Crippen molar-refractivity contribution in [2.45, 2.75) is 17.7 Å². The number of aromatic nitrogens is 1. The highest BCUT2D eigenvalue weighted by Gasteiger charge is 2.27. The molecule has 1 aliphatic heterocycles. The second-order valence-corrected chi connectivity index (χ2v) is 9.08. The van der Waals surface area contributed by atoms with Crippen LogP contribution in [0.5, 0.6) is 0 Å². The molecule has 1 aromatic heterocycles. The zero-order valence-corrected chi connectivity index (χ0v) is 17.4. The molecule has 0 bridgehead atoms. The molecule has 2 heterocycles. The van der Waals surface area contributed by atoms with E-state index in [2.05, 4.69) is 15.8 Å². The number of carbonyl (C=O) groups is 2. The Morgan fingerprint density at radius 2 is 1.58 bits per heavy atom. The van der Waals surface area contributed by atoms with Crippen molar-refractivity contribution < 1.29 is 18.0 Å². The number of hydrogen-bond acceptors (Lipinski definition) is 6. The number of fused-ring (bicyclic) bond motifs is 1. The number of hydrazine groups is 1. The van der Waals surface area contributed by atoms with Gasteiger partial charge in [-0.25, -0.2) is 8.42 Å². The van der Waals surface area contributed by atoms with E-state index in [1.54, 1.807) is 18.2 Å². The Kier molecular flexibility index (Phi) is 5.57. The zero-order chi connectivity index (χ0) is 22.0. The summed E-state index contributed by atoms with van der Waals surface area (Å²) in [5.74, 6) is -1.21. The van der Waals surface area contributed by atoms with E-state index >= 15 is 0 Å². The van der Waals surface area contributed by atoms with Crippen LogP contribution in [0.3, 0.4) is 0 Å². The molecular formula is C21H21N5O4S. The highest BCUT2D eigenvalue weighted by Crippen LogP contribution is 2.23. The monoisotopic (exact) mass is 439 g/mol. The van der Waals surface area contributed by atoms with Crippen molar-refractivity contribution in [3.05, 3.63) is 65.9 Å². The average molecular weight is 439 g/mol. The van der Waals surface area contributed by atoms with Gasteiger partial charge in [0.1, 0.15) is 0 Å². The van der Waals surface area contributed by atoms with Gasteiger partial charge in [-0.05, 0) is 43.2 Å². The van der Waals surface area contributed by atoms with Crippen molar-refractivity contribution in [3.63, 3.8) is 0 Å². The smallest absolute Gasteiger partial charge is 0.273 e. The molecule has 2 amide bonds. The number of para-hydroxylation sites is 1. The van der Waals surface area contributed by atoms with Gasteiger partial charge in [-0.3, -0.25) is 25.4 Å². The van der Waals surface area contributed by atoms with Crippen molar-refractivity contribution >= 4 is 38.4 Å². The van der Waals surface area contributed by atoms with Gasteiger partial charge in [-0.1, -0.05) is 18.2 Å². The molecule has 1 fully saturated rings. The van der Waals surface area contributed by atoms with E-state index in [0.717, 1.165) is 12.8 Å². The van der Waals surface area contributed by atoms with Gasteiger partial charge in [-0.2, -0.15) is 4.31 Å². The van der Waals surface area contributed by atoms with Crippen molar-refractivity contribution in [1.82, 2.24) is 20.1 Å². The molecular weight excluding hydrogens is 418 g/mol. The van der Waals surface area contributed by atoms with E-state index in [1.807, 2.05) is 6.07 Å². The highest BCUT2D eigenvalue weighted by atomic mass is 32.2. The van der Waals surface area contributed by atoms with Crippen LogP contribution in [0.2, 0.25) is 0 Å². The molecule has 0 atom stereocenters. The van der Waals surface area contributed by atoms with Gasteiger partial charge in [0, 0.05) is 30.2 Å². The summed E-state index contributed by atoms with van der Waals surface area (Å²) in [7, 11) is -3.55. The number of benzene rings is 2. The average Bonchev–Trinajstić information content (AvgIpc) is 3.34. The molecule has 0 radical (unpaired) electrons. The van der Waals surface area contributed by atoms with E-state index in [4.69, 9.17) is 5.73 Å². The molecule has 0 unspecified atom stereocenters. The Bertz CT molecular complexity index is 1250. The first kappa shape index (κ1) is 20.8. The van der Waals surface area contributed by atoms with Gasteiger partial charge >= 0.3 is 0 Å². The third kappa shape index (κ3) is 4.07. The van der Waals surface area contributed by atoms with Crippen molar-refractivity contribution in [1.29, 1.82) is 0 Å². The fourth-order valence-corrected chi connectivity index (χ4v) is 4.97. The number of sulfonamides is 1. The van der Waals surface area contributed by atoms with E-state index in [9.17, 15) is 18.0 Å². The molecule has 0 aliphatic carbocycles. The summed E-state index contributed by atoms with van der Waals surface area (Å²) >= 11 is 0. The number of amides is 2. The molecule has 9 nitrogen and oxygen atoms in total. The largest absolute Gasteiger partial charge is 0.397 e. The predicted molar refractivity (Wildman–Crippen MR) is 116 cm³/mol. The molecule has 1 aliphatic rings. The van der Waals surface area contributed by atoms with Gasteiger partial charge in [0.25, 0.3) is 11.8 Å². The third-order valence-corrected chi connectivity index (χ3v) is 7.08. The minimum absolute atomic E-state index is 0.130. The summed E-state index contributed by atoms with van der Waals surface area (Å²) in [5.41, 5.74) is 11.9. The van der Waals surface area contributed by atoms with Crippen LogP contribution >= 0.6 is 0 Å². The fourth-order valence-electron chi connectivity index (χ4n) is 3.45. The SMILES string of the molecule is Nc1c(C(=O)NNC(=O)c2ccc(S(=O)(=O)N3CCCC3)cc2)cnc2ccccc12. The number of nitrogens with zero attached hydrogens (tertiary/aromatic N) is 2. The molecule has 1 saturated heterocycles. The van der Waals surface area contributed by atoms with E-state index in [0.29, 0.717) is 24.0 Å². The Hall–Kier alpha value is -3.50. The number of anilines is 1. The first-order valence-electron chi connectivity index (χ1n) is 9.72. The summed E-state index contributed by atoms with van der Waals surface area (Å²) in [6.07, 6.45) is 3.03. The van der Waals surface area contributed by atoms with Gasteiger partial charge < -0.3 is 5.73 Å². The van der Waals surface area contributed by atoms with Crippen LogP contribution in [0.25, 0.3) is 10.9 Å². The number of carbonyl (C=O) groups excluding carboxylic acids is 2. The standard InChI is InChI=1S/C21H21N5O4S/c22-19-16-5-1-2-6-18(16)23-13-17(19)21(28)25-24-20(27)14-7-9-15(10-8-14)31(29,30)26-11-3-4-12-26/h1-2,5-10,13H,3-4,11-12H2,(H2,22,23)(H,24,27)(H,25,28). The second kappa shape index (κ2) is 8.32. The summed E-state index contributed by atoms with van der Waals surface area (Å²) in [4.78, 5) is 29.1. The van der Waals surface area contributed by atoms with Gasteiger partial charge in [0.15, 0.2) is 0 Å². The molecule has 4 rings (SSSR count). The van der Waals surface area contributed by atoms with Crippen molar-refractivity contribution in [2.24, 2.45) is 0 Å². The normalized spacial score (nSPS) is 14.5. The molecule has 160 valence electrons. The lowest BCUT2D eigenvalue weighted by Gasteiger charge is -2.15. The van der Waals surface area contributed by atoms with Crippen LogP contribution in [0, 0.1) is 0 Å². The maximum absolute atomic E-state index is 12.6. The van der Waals surface area contributed by atoms with E-state index in [-0.39, 0.29) is 21.7 Å². The number of hydrogen-bond donors (Lipinski definition) is 3. The van der Waals surface area contributed by atoms with Crippen LogP contribution in [0.15, 0.2) is 59.6 Å². The fraction of sp³-hybridized carbons (Fsp3) is 0.190. The van der Waals surface area contributed by atoms with Crippen LogP contribution in [-0.4, -0.2) is 42.6 Å². The maximum atomic E-state index is 12.6. The van der Waals surface area contributed by atoms with E-state index < -0.39 is 21.8 Å². The quantitative estimate of drug-likeness (QED) is 0.530.